The minimum absolute atomic E-state index is 0.226. The molecule has 0 fully saturated rings. The van der Waals surface area contributed by atoms with E-state index in [1.54, 1.807) is 36.3 Å². The van der Waals surface area contributed by atoms with Gasteiger partial charge in [-0.2, -0.15) is 10.4 Å². The van der Waals surface area contributed by atoms with Gasteiger partial charge in [-0.15, -0.1) is 0 Å². The highest BCUT2D eigenvalue weighted by atomic mass is 19.1. The smallest absolute Gasteiger partial charge is 0.131 e. The number of nitriles is 1. The molecule has 0 N–H and O–H groups in total. The molecular weight excluding hydrogens is 205 g/mol. The molecule has 0 saturated heterocycles. The van der Waals surface area contributed by atoms with Crippen molar-refractivity contribution in [3.05, 3.63) is 42.0 Å². The highest BCUT2D eigenvalue weighted by Crippen LogP contribution is 2.22. The van der Waals surface area contributed by atoms with Crippen molar-refractivity contribution < 1.29 is 4.39 Å². The summed E-state index contributed by atoms with van der Waals surface area (Å²) in [5.41, 5.74) is 1.94. The zero-order valence-electron chi connectivity index (χ0n) is 8.81. The zero-order chi connectivity index (χ0) is 11.5. The average Bonchev–Trinajstić information content (AvgIpc) is 2.65. The van der Waals surface area contributed by atoms with E-state index in [9.17, 15) is 4.39 Å². The number of halogens is 1. The molecule has 2 rings (SSSR count). The van der Waals surface area contributed by atoms with Crippen LogP contribution in [0.5, 0.6) is 0 Å². The molecule has 0 bridgehead atoms. The van der Waals surface area contributed by atoms with Crippen molar-refractivity contribution >= 4 is 0 Å². The van der Waals surface area contributed by atoms with E-state index in [0.29, 0.717) is 11.1 Å². The first kappa shape index (κ1) is 10.4. The van der Waals surface area contributed by atoms with Gasteiger partial charge in [0.25, 0.3) is 0 Å². The Morgan fingerprint density at radius 1 is 1.50 bits per heavy atom. The third-order valence-electron chi connectivity index (χ3n) is 2.33. The van der Waals surface area contributed by atoms with Crippen molar-refractivity contribution in [2.45, 2.75) is 6.42 Å². The largest absolute Gasteiger partial charge is 0.275 e. The second-order valence-electron chi connectivity index (χ2n) is 3.55. The van der Waals surface area contributed by atoms with Gasteiger partial charge in [-0.3, -0.25) is 4.68 Å². The fourth-order valence-electron chi connectivity index (χ4n) is 1.55. The van der Waals surface area contributed by atoms with E-state index in [4.69, 9.17) is 5.26 Å². The second-order valence-corrected chi connectivity index (χ2v) is 3.55. The lowest BCUT2D eigenvalue weighted by Crippen LogP contribution is -1.88. The van der Waals surface area contributed by atoms with Gasteiger partial charge < -0.3 is 0 Å². The molecule has 0 atom stereocenters. The van der Waals surface area contributed by atoms with Crippen LogP contribution in [0.4, 0.5) is 4.39 Å². The van der Waals surface area contributed by atoms with Crippen molar-refractivity contribution in [3.63, 3.8) is 0 Å². The van der Waals surface area contributed by atoms with E-state index in [-0.39, 0.29) is 12.2 Å². The van der Waals surface area contributed by atoms with Crippen LogP contribution >= 0.6 is 0 Å². The van der Waals surface area contributed by atoms with E-state index < -0.39 is 0 Å². The van der Waals surface area contributed by atoms with Crippen LogP contribution in [0.15, 0.2) is 30.6 Å². The van der Waals surface area contributed by atoms with E-state index in [1.807, 2.05) is 6.07 Å². The first-order valence-corrected chi connectivity index (χ1v) is 4.85. The molecule has 16 heavy (non-hydrogen) atoms. The summed E-state index contributed by atoms with van der Waals surface area (Å²) in [4.78, 5) is 0. The van der Waals surface area contributed by atoms with Gasteiger partial charge in [0.05, 0.1) is 18.7 Å². The monoisotopic (exact) mass is 215 g/mol. The van der Waals surface area contributed by atoms with E-state index >= 15 is 0 Å². The van der Waals surface area contributed by atoms with Gasteiger partial charge in [0.2, 0.25) is 0 Å². The molecule has 0 saturated carbocycles. The summed E-state index contributed by atoms with van der Waals surface area (Å²) < 4.78 is 15.3. The Balaban J connectivity index is 2.40. The maximum Gasteiger partial charge on any atom is 0.131 e. The molecule has 0 amide bonds. The first-order valence-electron chi connectivity index (χ1n) is 4.85. The van der Waals surface area contributed by atoms with Gasteiger partial charge in [0.1, 0.15) is 5.82 Å². The number of nitrogens with zero attached hydrogens (tertiary/aromatic N) is 3. The first-order chi connectivity index (χ1) is 7.70. The van der Waals surface area contributed by atoms with Gasteiger partial charge in [-0.05, 0) is 11.6 Å². The Hall–Kier alpha value is -2.15. The summed E-state index contributed by atoms with van der Waals surface area (Å²) in [6.07, 6.45) is 3.59. The van der Waals surface area contributed by atoms with Crippen LogP contribution in [0.1, 0.15) is 5.56 Å². The fraction of sp³-hybridized carbons (Fsp3) is 0.167. The number of aromatic nitrogens is 2. The molecule has 3 nitrogen and oxygen atoms in total. The summed E-state index contributed by atoms with van der Waals surface area (Å²) in [6, 6.07) is 6.82. The van der Waals surface area contributed by atoms with Crippen LogP contribution in [-0.4, -0.2) is 9.78 Å². The van der Waals surface area contributed by atoms with Gasteiger partial charge in [0.15, 0.2) is 0 Å². The fourth-order valence-corrected chi connectivity index (χ4v) is 1.55. The highest BCUT2D eigenvalue weighted by molar-refractivity contribution is 5.62. The predicted molar refractivity (Wildman–Crippen MR) is 57.9 cm³/mol. The lowest BCUT2D eigenvalue weighted by Gasteiger charge is -2.01. The third kappa shape index (κ3) is 1.94. The number of hydrogen-bond donors (Lipinski definition) is 0. The minimum atomic E-state index is -0.319. The molecule has 0 radical (unpaired) electrons. The second kappa shape index (κ2) is 4.15. The molecule has 0 aliphatic rings. The number of rotatable bonds is 2. The standard InChI is InChI=1S/C12H10FN3/c1-16-8-10(7-15-16)11-3-2-9(4-5-14)6-12(11)13/h2-3,6-8H,4H2,1H3. The maximum atomic E-state index is 13.7. The topological polar surface area (TPSA) is 41.6 Å². The number of aryl methyl sites for hydroxylation is 1. The van der Waals surface area contributed by atoms with E-state index in [1.165, 1.54) is 6.07 Å². The van der Waals surface area contributed by atoms with Crippen LogP contribution in [-0.2, 0) is 13.5 Å². The van der Waals surface area contributed by atoms with Crippen LogP contribution in [0.25, 0.3) is 11.1 Å². The molecule has 80 valence electrons. The van der Waals surface area contributed by atoms with Gasteiger partial charge in [-0.25, -0.2) is 4.39 Å². The third-order valence-corrected chi connectivity index (χ3v) is 2.33. The molecule has 2 aromatic rings. The van der Waals surface area contributed by atoms with Crippen LogP contribution in [0, 0.1) is 17.1 Å². The Morgan fingerprint density at radius 3 is 2.88 bits per heavy atom. The Labute approximate surface area is 92.7 Å². The van der Waals surface area contributed by atoms with Crippen LogP contribution < -0.4 is 0 Å². The highest BCUT2D eigenvalue weighted by Gasteiger charge is 2.07. The van der Waals surface area contributed by atoms with Gasteiger partial charge >= 0.3 is 0 Å². The van der Waals surface area contributed by atoms with Crippen LogP contribution in [0.2, 0.25) is 0 Å². The van der Waals surface area contributed by atoms with Crippen molar-refractivity contribution in [3.8, 4) is 17.2 Å². The molecule has 0 unspecified atom stereocenters. The molecule has 0 aliphatic heterocycles. The number of benzene rings is 1. The molecular formula is C12H10FN3. The lowest BCUT2D eigenvalue weighted by molar-refractivity contribution is 0.629. The van der Waals surface area contributed by atoms with Gasteiger partial charge in [-0.1, -0.05) is 12.1 Å². The summed E-state index contributed by atoms with van der Waals surface area (Å²) in [7, 11) is 1.78. The summed E-state index contributed by atoms with van der Waals surface area (Å²) in [5.74, 6) is -0.319. The predicted octanol–water partition coefficient (Wildman–Crippen LogP) is 2.29. The van der Waals surface area contributed by atoms with E-state index in [0.717, 1.165) is 5.56 Å². The summed E-state index contributed by atoms with van der Waals surface area (Å²) >= 11 is 0. The zero-order valence-corrected chi connectivity index (χ0v) is 8.81. The van der Waals surface area contributed by atoms with Crippen LogP contribution in [0.3, 0.4) is 0 Å². The molecule has 1 heterocycles. The van der Waals surface area contributed by atoms with Crippen molar-refractivity contribution in [2.75, 3.05) is 0 Å². The van der Waals surface area contributed by atoms with Gasteiger partial charge in [0, 0.05) is 24.4 Å². The van der Waals surface area contributed by atoms with Crippen molar-refractivity contribution in [1.82, 2.24) is 9.78 Å². The normalized spacial score (nSPS) is 10.1. The van der Waals surface area contributed by atoms with Crippen molar-refractivity contribution in [1.29, 1.82) is 5.26 Å². The van der Waals surface area contributed by atoms with E-state index in [2.05, 4.69) is 5.10 Å². The Kier molecular flexibility index (Phi) is 2.69. The Morgan fingerprint density at radius 2 is 2.31 bits per heavy atom. The molecule has 1 aromatic carbocycles. The quantitative estimate of drug-likeness (QED) is 0.771. The van der Waals surface area contributed by atoms with Crippen molar-refractivity contribution in [2.24, 2.45) is 7.05 Å². The average molecular weight is 215 g/mol. The lowest BCUT2D eigenvalue weighted by atomic mass is 10.1. The number of hydrogen-bond acceptors (Lipinski definition) is 2. The SMILES string of the molecule is Cn1cc(-c2ccc(CC#N)cc2F)cn1. The summed E-state index contributed by atoms with van der Waals surface area (Å²) in [6.45, 7) is 0. The molecule has 0 aliphatic carbocycles. The maximum absolute atomic E-state index is 13.7. The molecule has 4 heteroatoms. The summed E-state index contributed by atoms with van der Waals surface area (Å²) in [5, 5.41) is 12.5. The molecule has 0 spiro atoms. The molecule has 1 aromatic heterocycles. The Bertz CT molecular complexity index is 552. The minimum Gasteiger partial charge on any atom is -0.275 e.